The quantitative estimate of drug-likeness (QED) is 0.611. The molecule has 1 heterocycles. The lowest BCUT2D eigenvalue weighted by Gasteiger charge is -2.09. The molecule has 2 nitrogen and oxygen atoms in total. The highest BCUT2D eigenvalue weighted by Crippen LogP contribution is 2.32. The van der Waals surface area contributed by atoms with Gasteiger partial charge in [-0.1, -0.05) is 47.7 Å². The molecule has 0 unspecified atom stereocenters. The molecule has 0 bridgehead atoms. The van der Waals surface area contributed by atoms with E-state index in [4.69, 9.17) is 23.8 Å². The summed E-state index contributed by atoms with van der Waals surface area (Å²) in [5.41, 5.74) is 0.911. The van der Waals surface area contributed by atoms with Gasteiger partial charge in [-0.3, -0.25) is 9.69 Å². The van der Waals surface area contributed by atoms with Gasteiger partial charge in [0.2, 0.25) is 0 Å². The highest BCUT2D eigenvalue weighted by Gasteiger charge is 2.30. The SMILES string of the molecule is CCN1C(=O)/C(=C\c2cccc(Cl)c2)SC1=S. The van der Waals surface area contributed by atoms with E-state index in [0.717, 1.165) is 5.56 Å². The molecular weight excluding hydrogens is 274 g/mol. The number of hydrogen-bond acceptors (Lipinski definition) is 3. The van der Waals surface area contributed by atoms with Gasteiger partial charge in [0.1, 0.15) is 4.32 Å². The Kier molecular flexibility index (Phi) is 3.86. The fraction of sp³-hybridized carbons (Fsp3) is 0.167. The number of hydrogen-bond donors (Lipinski definition) is 0. The third kappa shape index (κ3) is 2.70. The summed E-state index contributed by atoms with van der Waals surface area (Å²) in [5, 5.41) is 0.657. The van der Waals surface area contributed by atoms with Crippen LogP contribution in [0, 0.1) is 0 Å². The molecule has 0 aliphatic carbocycles. The van der Waals surface area contributed by atoms with Crippen molar-refractivity contribution >= 4 is 51.9 Å². The number of benzene rings is 1. The average molecular weight is 284 g/mol. The summed E-state index contributed by atoms with van der Waals surface area (Å²) in [4.78, 5) is 14.2. The average Bonchev–Trinajstić information content (AvgIpc) is 2.54. The molecule has 2 rings (SSSR count). The molecule has 1 fully saturated rings. The van der Waals surface area contributed by atoms with Crippen LogP contribution in [0.5, 0.6) is 0 Å². The monoisotopic (exact) mass is 283 g/mol. The van der Waals surface area contributed by atoms with Crippen LogP contribution < -0.4 is 0 Å². The molecule has 1 aliphatic rings. The smallest absolute Gasteiger partial charge is 0.266 e. The summed E-state index contributed by atoms with van der Waals surface area (Å²) in [7, 11) is 0. The zero-order valence-electron chi connectivity index (χ0n) is 9.14. The van der Waals surface area contributed by atoms with E-state index < -0.39 is 0 Å². The van der Waals surface area contributed by atoms with Gasteiger partial charge in [-0.25, -0.2) is 0 Å². The molecule has 0 spiro atoms. The van der Waals surface area contributed by atoms with Gasteiger partial charge in [0.05, 0.1) is 4.91 Å². The van der Waals surface area contributed by atoms with E-state index in [9.17, 15) is 4.79 Å². The van der Waals surface area contributed by atoms with Crippen molar-refractivity contribution in [3.63, 3.8) is 0 Å². The van der Waals surface area contributed by atoms with Crippen molar-refractivity contribution in [2.24, 2.45) is 0 Å². The predicted octanol–water partition coefficient (Wildman–Crippen LogP) is 3.56. The Morgan fingerprint density at radius 1 is 1.53 bits per heavy atom. The zero-order valence-corrected chi connectivity index (χ0v) is 11.5. The van der Waals surface area contributed by atoms with E-state index in [-0.39, 0.29) is 5.91 Å². The molecule has 0 aromatic heterocycles. The Bertz CT molecular complexity index is 513. The molecule has 17 heavy (non-hydrogen) atoms. The van der Waals surface area contributed by atoms with Crippen LogP contribution in [0.4, 0.5) is 0 Å². The van der Waals surface area contributed by atoms with Crippen LogP contribution in [0.25, 0.3) is 6.08 Å². The summed E-state index contributed by atoms with van der Waals surface area (Å²) in [6.45, 7) is 2.52. The van der Waals surface area contributed by atoms with E-state index in [1.54, 1.807) is 11.0 Å². The molecule has 1 saturated heterocycles. The standard InChI is InChI=1S/C12H10ClNOS2/c1-2-14-11(15)10(17-12(14)16)7-8-4-3-5-9(13)6-8/h3-7H,2H2,1H3/b10-7+. The van der Waals surface area contributed by atoms with Gasteiger partial charge in [-0.15, -0.1) is 0 Å². The molecule has 5 heteroatoms. The number of halogens is 1. The highest BCUT2D eigenvalue weighted by atomic mass is 35.5. The molecule has 1 aliphatic heterocycles. The molecule has 0 saturated carbocycles. The van der Waals surface area contributed by atoms with Crippen LogP contribution in [0.1, 0.15) is 12.5 Å². The summed E-state index contributed by atoms with van der Waals surface area (Å²) < 4.78 is 0.616. The van der Waals surface area contributed by atoms with Crippen molar-refractivity contribution < 1.29 is 4.79 Å². The number of thioether (sulfide) groups is 1. The maximum atomic E-state index is 12.0. The Morgan fingerprint density at radius 2 is 2.29 bits per heavy atom. The van der Waals surface area contributed by atoms with E-state index in [1.165, 1.54) is 11.8 Å². The lowest BCUT2D eigenvalue weighted by atomic mass is 10.2. The van der Waals surface area contributed by atoms with Crippen LogP contribution in [0.2, 0.25) is 5.02 Å². The molecule has 88 valence electrons. The Balaban J connectivity index is 2.30. The van der Waals surface area contributed by atoms with Crippen LogP contribution in [0.15, 0.2) is 29.2 Å². The molecular formula is C12H10ClNOS2. The Morgan fingerprint density at radius 3 is 2.88 bits per heavy atom. The van der Waals surface area contributed by atoms with Crippen molar-refractivity contribution in [1.29, 1.82) is 0 Å². The topological polar surface area (TPSA) is 20.3 Å². The van der Waals surface area contributed by atoms with Crippen LogP contribution in [0.3, 0.4) is 0 Å². The van der Waals surface area contributed by atoms with Crippen molar-refractivity contribution in [2.45, 2.75) is 6.92 Å². The maximum absolute atomic E-state index is 12.0. The number of amides is 1. The van der Waals surface area contributed by atoms with Crippen molar-refractivity contribution in [3.8, 4) is 0 Å². The third-order valence-electron chi connectivity index (χ3n) is 2.34. The highest BCUT2D eigenvalue weighted by molar-refractivity contribution is 8.26. The molecule has 1 aromatic carbocycles. The fourth-order valence-electron chi connectivity index (χ4n) is 1.52. The van der Waals surface area contributed by atoms with Crippen molar-refractivity contribution in [1.82, 2.24) is 4.90 Å². The normalized spacial score (nSPS) is 18.2. The first kappa shape index (κ1) is 12.6. The van der Waals surface area contributed by atoms with Gasteiger partial charge >= 0.3 is 0 Å². The first-order chi connectivity index (χ1) is 8.11. The number of likely N-dealkylation sites (N-methyl/N-ethyl adjacent to an activating group) is 1. The second-order valence-electron chi connectivity index (χ2n) is 3.48. The number of rotatable bonds is 2. The Labute approximate surface area is 115 Å². The van der Waals surface area contributed by atoms with Crippen LogP contribution in [-0.4, -0.2) is 21.7 Å². The minimum atomic E-state index is -0.0255. The molecule has 1 aromatic rings. The van der Waals surface area contributed by atoms with Gasteiger partial charge in [0, 0.05) is 11.6 Å². The first-order valence-electron chi connectivity index (χ1n) is 5.12. The molecule has 1 amide bonds. The molecule has 0 atom stereocenters. The summed E-state index contributed by atoms with van der Waals surface area (Å²) in [5.74, 6) is -0.0255. The van der Waals surface area contributed by atoms with Gasteiger partial charge in [0.15, 0.2) is 0 Å². The van der Waals surface area contributed by atoms with Crippen LogP contribution >= 0.6 is 35.6 Å². The zero-order chi connectivity index (χ0) is 12.4. The largest absolute Gasteiger partial charge is 0.293 e. The Hall–Kier alpha value is -0.840. The van der Waals surface area contributed by atoms with Crippen LogP contribution in [-0.2, 0) is 4.79 Å². The number of carbonyl (C=O) groups excluding carboxylic acids is 1. The minimum absolute atomic E-state index is 0.0255. The minimum Gasteiger partial charge on any atom is -0.293 e. The number of nitrogens with zero attached hydrogens (tertiary/aromatic N) is 1. The van der Waals surface area contributed by atoms with Gasteiger partial charge in [-0.2, -0.15) is 0 Å². The summed E-state index contributed by atoms with van der Waals surface area (Å²) in [6, 6.07) is 7.38. The first-order valence-corrected chi connectivity index (χ1v) is 6.73. The summed E-state index contributed by atoms with van der Waals surface area (Å²) >= 11 is 12.4. The maximum Gasteiger partial charge on any atom is 0.266 e. The van der Waals surface area contributed by atoms with E-state index in [2.05, 4.69) is 0 Å². The van der Waals surface area contributed by atoms with E-state index in [0.29, 0.717) is 20.8 Å². The van der Waals surface area contributed by atoms with Crippen molar-refractivity contribution in [2.75, 3.05) is 6.54 Å². The summed E-state index contributed by atoms with van der Waals surface area (Å²) in [6.07, 6.45) is 1.82. The second-order valence-corrected chi connectivity index (χ2v) is 5.59. The van der Waals surface area contributed by atoms with Crippen molar-refractivity contribution in [3.05, 3.63) is 39.8 Å². The lowest BCUT2D eigenvalue weighted by molar-refractivity contribution is -0.121. The number of thiocarbonyl (C=S) groups is 1. The molecule has 0 radical (unpaired) electrons. The van der Waals surface area contributed by atoms with E-state index >= 15 is 0 Å². The molecule has 0 N–H and O–H groups in total. The van der Waals surface area contributed by atoms with Gasteiger partial charge in [0.25, 0.3) is 5.91 Å². The van der Waals surface area contributed by atoms with E-state index in [1.807, 2.05) is 31.2 Å². The van der Waals surface area contributed by atoms with Gasteiger partial charge in [-0.05, 0) is 30.7 Å². The lowest BCUT2D eigenvalue weighted by Crippen LogP contribution is -2.27. The fourth-order valence-corrected chi connectivity index (χ4v) is 3.10. The second kappa shape index (κ2) is 5.21. The van der Waals surface area contributed by atoms with Gasteiger partial charge < -0.3 is 0 Å². The number of carbonyl (C=O) groups is 1. The third-order valence-corrected chi connectivity index (χ3v) is 3.95. The predicted molar refractivity (Wildman–Crippen MR) is 77.0 cm³/mol.